The SMILES string of the molecule is CCN(CC)S(=O)(=O)c1ccc(NN=C2CCSc3ccc(F)cc32)c([N+](=O)[O-])c1. The van der Waals surface area contributed by atoms with Crippen LogP contribution in [0.15, 0.2) is 51.3 Å². The normalized spacial score (nSPS) is 15.3. The van der Waals surface area contributed by atoms with Crippen LogP contribution in [0.5, 0.6) is 0 Å². The van der Waals surface area contributed by atoms with Crippen LogP contribution in [0.2, 0.25) is 0 Å². The van der Waals surface area contributed by atoms with E-state index in [1.807, 2.05) is 0 Å². The Morgan fingerprint density at radius 1 is 1.23 bits per heavy atom. The molecule has 1 aliphatic heterocycles. The Morgan fingerprint density at radius 3 is 2.63 bits per heavy atom. The van der Waals surface area contributed by atoms with Gasteiger partial charge in [-0.05, 0) is 30.3 Å². The highest BCUT2D eigenvalue weighted by atomic mass is 32.2. The van der Waals surface area contributed by atoms with E-state index in [1.165, 1.54) is 28.6 Å². The average molecular weight is 453 g/mol. The van der Waals surface area contributed by atoms with E-state index in [9.17, 15) is 22.9 Å². The molecule has 3 rings (SSSR count). The van der Waals surface area contributed by atoms with Crippen LogP contribution in [0.3, 0.4) is 0 Å². The summed E-state index contributed by atoms with van der Waals surface area (Å²) in [4.78, 5) is 11.6. The number of hydrogen-bond acceptors (Lipinski definition) is 7. The summed E-state index contributed by atoms with van der Waals surface area (Å²) in [5.41, 5.74) is 3.54. The lowest BCUT2D eigenvalue weighted by Gasteiger charge is -2.19. The maximum atomic E-state index is 13.6. The molecule has 0 saturated heterocycles. The van der Waals surface area contributed by atoms with E-state index < -0.39 is 20.6 Å². The van der Waals surface area contributed by atoms with Crippen molar-refractivity contribution in [2.24, 2.45) is 5.10 Å². The molecule has 0 radical (unpaired) electrons. The quantitative estimate of drug-likeness (QED) is 0.501. The van der Waals surface area contributed by atoms with Crippen LogP contribution in [0.4, 0.5) is 15.8 Å². The Hall–Kier alpha value is -2.50. The van der Waals surface area contributed by atoms with E-state index in [1.54, 1.807) is 31.7 Å². The van der Waals surface area contributed by atoms with Crippen molar-refractivity contribution in [1.82, 2.24) is 4.31 Å². The summed E-state index contributed by atoms with van der Waals surface area (Å²) in [6.45, 7) is 3.91. The Morgan fingerprint density at radius 2 is 1.97 bits per heavy atom. The summed E-state index contributed by atoms with van der Waals surface area (Å²) in [5, 5.41) is 15.8. The monoisotopic (exact) mass is 452 g/mol. The van der Waals surface area contributed by atoms with E-state index in [4.69, 9.17) is 0 Å². The van der Waals surface area contributed by atoms with Gasteiger partial charge in [-0.15, -0.1) is 11.8 Å². The first-order chi connectivity index (χ1) is 14.3. The molecule has 2 aromatic rings. The van der Waals surface area contributed by atoms with Crippen LogP contribution in [-0.4, -0.2) is 42.2 Å². The lowest BCUT2D eigenvalue weighted by molar-refractivity contribution is -0.384. The molecule has 30 heavy (non-hydrogen) atoms. The number of sulfonamides is 1. The van der Waals surface area contributed by atoms with Gasteiger partial charge in [0.25, 0.3) is 5.69 Å². The Labute approximate surface area is 178 Å². The Kier molecular flexibility index (Phi) is 6.74. The fourth-order valence-corrected chi connectivity index (χ4v) is 5.61. The van der Waals surface area contributed by atoms with Crippen molar-refractivity contribution in [3.63, 3.8) is 0 Å². The predicted octanol–water partition coefficient (Wildman–Crippen LogP) is 4.08. The molecule has 11 heteroatoms. The lowest BCUT2D eigenvalue weighted by atomic mass is 10.1. The van der Waals surface area contributed by atoms with Gasteiger partial charge in [-0.2, -0.15) is 9.41 Å². The van der Waals surface area contributed by atoms with Crippen molar-refractivity contribution in [2.45, 2.75) is 30.1 Å². The molecule has 0 fully saturated rings. The van der Waals surface area contributed by atoms with Crippen molar-refractivity contribution in [3.05, 3.63) is 57.9 Å². The highest BCUT2D eigenvalue weighted by Crippen LogP contribution is 2.32. The number of nitrogens with zero attached hydrogens (tertiary/aromatic N) is 3. The zero-order valence-corrected chi connectivity index (χ0v) is 18.1. The lowest BCUT2D eigenvalue weighted by Crippen LogP contribution is -2.30. The maximum Gasteiger partial charge on any atom is 0.295 e. The molecule has 8 nitrogen and oxygen atoms in total. The maximum absolute atomic E-state index is 13.6. The minimum absolute atomic E-state index is 0.0576. The highest BCUT2D eigenvalue weighted by Gasteiger charge is 2.26. The van der Waals surface area contributed by atoms with Crippen LogP contribution >= 0.6 is 11.8 Å². The summed E-state index contributed by atoms with van der Waals surface area (Å²) in [5.74, 6) is 0.364. The first-order valence-electron chi connectivity index (χ1n) is 9.31. The Balaban J connectivity index is 1.96. The van der Waals surface area contributed by atoms with Crippen LogP contribution in [0.25, 0.3) is 0 Å². The van der Waals surface area contributed by atoms with Crippen molar-refractivity contribution in [3.8, 4) is 0 Å². The van der Waals surface area contributed by atoms with Gasteiger partial charge in [0.1, 0.15) is 11.5 Å². The van der Waals surface area contributed by atoms with Gasteiger partial charge in [0.2, 0.25) is 10.0 Å². The summed E-state index contributed by atoms with van der Waals surface area (Å²) in [7, 11) is -3.83. The molecule has 0 spiro atoms. The zero-order chi connectivity index (χ0) is 21.9. The zero-order valence-electron chi connectivity index (χ0n) is 16.5. The minimum Gasteiger partial charge on any atom is -0.271 e. The first kappa shape index (κ1) is 22.2. The standard InChI is InChI=1S/C19H21FN4O4S2/c1-3-23(4-2)30(27,28)14-6-7-17(18(12-14)24(25)26)22-21-16-9-10-29-19-8-5-13(20)11-15(16)19/h5-8,11-12,22H,3-4,9-10H2,1-2H3. The third-order valence-corrected chi connectivity index (χ3v) is 7.79. The van der Waals surface area contributed by atoms with Gasteiger partial charge in [0.15, 0.2) is 0 Å². The summed E-state index contributed by atoms with van der Waals surface area (Å²) >= 11 is 1.59. The fraction of sp³-hybridized carbons (Fsp3) is 0.316. The molecule has 0 saturated carbocycles. The number of halogens is 1. The van der Waals surface area contributed by atoms with E-state index in [0.29, 0.717) is 17.7 Å². The van der Waals surface area contributed by atoms with Crippen LogP contribution in [0.1, 0.15) is 25.8 Å². The second kappa shape index (κ2) is 9.11. The molecular formula is C19H21FN4O4S2. The summed E-state index contributed by atoms with van der Waals surface area (Å²) in [6.07, 6.45) is 0.566. The number of hydrogen-bond donors (Lipinski definition) is 1. The predicted molar refractivity (Wildman–Crippen MR) is 115 cm³/mol. The van der Waals surface area contributed by atoms with E-state index >= 15 is 0 Å². The van der Waals surface area contributed by atoms with Crippen LogP contribution < -0.4 is 5.43 Å². The molecule has 0 aromatic heterocycles. The van der Waals surface area contributed by atoms with Gasteiger partial charge in [0, 0.05) is 41.8 Å². The van der Waals surface area contributed by atoms with Gasteiger partial charge in [0.05, 0.1) is 15.5 Å². The largest absolute Gasteiger partial charge is 0.295 e. The molecule has 0 aliphatic carbocycles. The van der Waals surface area contributed by atoms with E-state index in [2.05, 4.69) is 10.5 Å². The number of nitrogens with one attached hydrogen (secondary N) is 1. The van der Waals surface area contributed by atoms with Gasteiger partial charge in [-0.1, -0.05) is 13.8 Å². The number of hydrazone groups is 1. The van der Waals surface area contributed by atoms with Gasteiger partial charge in [-0.3, -0.25) is 15.5 Å². The Bertz CT molecular complexity index is 1100. The molecule has 0 atom stereocenters. The van der Waals surface area contributed by atoms with E-state index in [-0.39, 0.29) is 29.5 Å². The summed E-state index contributed by atoms with van der Waals surface area (Å²) < 4.78 is 40.2. The van der Waals surface area contributed by atoms with Crippen molar-refractivity contribution in [1.29, 1.82) is 0 Å². The van der Waals surface area contributed by atoms with Crippen molar-refractivity contribution in [2.75, 3.05) is 24.3 Å². The number of fused-ring (bicyclic) bond motifs is 1. The molecule has 1 heterocycles. The number of nitro groups is 1. The molecule has 0 amide bonds. The molecule has 1 aliphatic rings. The van der Waals surface area contributed by atoms with Crippen LogP contribution in [-0.2, 0) is 10.0 Å². The number of thioether (sulfide) groups is 1. The molecule has 0 unspecified atom stereocenters. The summed E-state index contributed by atoms with van der Waals surface area (Å²) in [6, 6.07) is 8.11. The second-order valence-electron chi connectivity index (χ2n) is 6.43. The molecule has 0 bridgehead atoms. The number of benzene rings is 2. The van der Waals surface area contributed by atoms with Gasteiger partial charge < -0.3 is 0 Å². The van der Waals surface area contributed by atoms with Crippen LogP contribution in [0, 0.1) is 15.9 Å². The minimum atomic E-state index is -3.83. The second-order valence-corrected chi connectivity index (χ2v) is 9.51. The average Bonchev–Trinajstić information content (AvgIpc) is 2.72. The highest BCUT2D eigenvalue weighted by molar-refractivity contribution is 7.99. The smallest absolute Gasteiger partial charge is 0.271 e. The third kappa shape index (κ3) is 4.47. The molecule has 2 aromatic carbocycles. The topological polar surface area (TPSA) is 105 Å². The number of rotatable bonds is 7. The molecular weight excluding hydrogens is 431 g/mol. The fourth-order valence-electron chi connectivity index (χ4n) is 3.12. The molecule has 1 N–H and O–H groups in total. The van der Waals surface area contributed by atoms with Crippen molar-refractivity contribution >= 4 is 38.9 Å². The van der Waals surface area contributed by atoms with Gasteiger partial charge >= 0.3 is 0 Å². The third-order valence-electron chi connectivity index (χ3n) is 4.67. The van der Waals surface area contributed by atoms with Crippen molar-refractivity contribution < 1.29 is 17.7 Å². The first-order valence-corrected chi connectivity index (χ1v) is 11.7. The molecule has 160 valence electrons. The van der Waals surface area contributed by atoms with E-state index in [0.717, 1.165) is 16.7 Å². The number of anilines is 1. The van der Waals surface area contributed by atoms with Gasteiger partial charge in [-0.25, -0.2) is 12.8 Å². The number of nitro benzene ring substituents is 1.